The maximum Gasteiger partial charge on any atom is 0.0805 e. The van der Waals surface area contributed by atoms with E-state index in [1.54, 1.807) is 7.11 Å². The van der Waals surface area contributed by atoms with Crippen LogP contribution < -0.4 is 0 Å². The lowest BCUT2D eigenvalue weighted by Crippen LogP contribution is -2.18. The van der Waals surface area contributed by atoms with Crippen LogP contribution in [0, 0.1) is 6.92 Å². The molecule has 1 heteroatoms. The van der Waals surface area contributed by atoms with Gasteiger partial charge in [-0.1, -0.05) is 60.7 Å². The Morgan fingerprint density at radius 1 is 0.950 bits per heavy atom. The van der Waals surface area contributed by atoms with E-state index in [-0.39, 0.29) is 5.60 Å². The molecule has 0 radical (unpaired) electrons. The minimum atomic E-state index is -0.227. The van der Waals surface area contributed by atoms with Gasteiger partial charge in [0.2, 0.25) is 0 Å². The van der Waals surface area contributed by atoms with Crippen LogP contribution in [-0.2, 0) is 4.74 Å². The Hall–Kier alpha value is -1.86. The second-order valence-electron chi connectivity index (χ2n) is 5.58. The van der Waals surface area contributed by atoms with Crippen LogP contribution in [-0.4, -0.2) is 12.7 Å². The zero-order valence-corrected chi connectivity index (χ0v) is 12.7. The molecule has 2 aromatic carbocycles. The molecule has 0 N–H and O–H groups in total. The number of rotatable bonds is 4. The number of aryl methyl sites for hydroxylation is 1. The maximum absolute atomic E-state index is 5.38. The van der Waals surface area contributed by atoms with Crippen molar-refractivity contribution in [2.75, 3.05) is 7.11 Å². The first-order chi connectivity index (χ1) is 9.52. The number of hydrogen-bond acceptors (Lipinski definition) is 1. The van der Waals surface area contributed by atoms with Crippen LogP contribution in [0.4, 0.5) is 0 Å². The lowest BCUT2D eigenvalue weighted by molar-refractivity contribution is 0.0663. The fourth-order valence-electron chi connectivity index (χ4n) is 2.04. The summed E-state index contributed by atoms with van der Waals surface area (Å²) in [5.74, 6) is 0. The molecule has 0 aromatic heterocycles. The van der Waals surface area contributed by atoms with Gasteiger partial charge >= 0.3 is 0 Å². The number of methoxy groups -OCH3 is 1. The van der Waals surface area contributed by atoms with Gasteiger partial charge in [-0.05, 0) is 43.0 Å². The minimum absolute atomic E-state index is 0.227. The van der Waals surface area contributed by atoms with Gasteiger partial charge < -0.3 is 4.74 Å². The maximum atomic E-state index is 5.38. The van der Waals surface area contributed by atoms with Gasteiger partial charge in [0.1, 0.15) is 0 Å². The van der Waals surface area contributed by atoms with Crippen LogP contribution >= 0.6 is 0 Å². The molecular weight excluding hydrogens is 244 g/mol. The third-order valence-corrected chi connectivity index (χ3v) is 3.57. The summed E-state index contributed by atoms with van der Waals surface area (Å²) in [4.78, 5) is 0. The Balaban J connectivity index is 2.21. The first kappa shape index (κ1) is 14.5. The molecule has 0 saturated heterocycles. The van der Waals surface area contributed by atoms with Crippen LogP contribution in [0.3, 0.4) is 0 Å². The standard InChI is InChI=1S/C19H22O/c1-15-7-5-6-8-18(15)17-11-9-16(10-12-17)13-14-19(2,3)20-4/h5-14H,1-4H3/b14-13-. The summed E-state index contributed by atoms with van der Waals surface area (Å²) in [7, 11) is 1.73. The highest BCUT2D eigenvalue weighted by atomic mass is 16.5. The van der Waals surface area contributed by atoms with E-state index in [9.17, 15) is 0 Å². The molecule has 0 aliphatic rings. The molecule has 0 aliphatic carbocycles. The lowest BCUT2D eigenvalue weighted by Gasteiger charge is -2.17. The van der Waals surface area contributed by atoms with Crippen molar-refractivity contribution in [1.82, 2.24) is 0 Å². The van der Waals surface area contributed by atoms with Gasteiger partial charge in [-0.15, -0.1) is 0 Å². The molecule has 0 unspecified atom stereocenters. The highest BCUT2D eigenvalue weighted by Gasteiger charge is 2.10. The van der Waals surface area contributed by atoms with Gasteiger partial charge in [-0.3, -0.25) is 0 Å². The van der Waals surface area contributed by atoms with Crippen LogP contribution in [0.2, 0.25) is 0 Å². The van der Waals surface area contributed by atoms with Crippen molar-refractivity contribution < 1.29 is 4.74 Å². The molecule has 20 heavy (non-hydrogen) atoms. The van der Waals surface area contributed by atoms with Crippen molar-refractivity contribution in [3.63, 3.8) is 0 Å². The van der Waals surface area contributed by atoms with Crippen molar-refractivity contribution in [3.8, 4) is 11.1 Å². The molecule has 0 fully saturated rings. The molecule has 2 rings (SSSR count). The van der Waals surface area contributed by atoms with E-state index < -0.39 is 0 Å². The molecule has 104 valence electrons. The SMILES string of the molecule is COC(C)(C)/C=C\c1ccc(-c2ccccc2C)cc1. The number of benzene rings is 2. The third-order valence-electron chi connectivity index (χ3n) is 3.57. The monoisotopic (exact) mass is 266 g/mol. The number of ether oxygens (including phenoxy) is 1. The van der Waals surface area contributed by atoms with E-state index in [2.05, 4.69) is 67.6 Å². The van der Waals surface area contributed by atoms with Crippen molar-refractivity contribution >= 4 is 6.08 Å². The van der Waals surface area contributed by atoms with Crippen molar-refractivity contribution in [2.45, 2.75) is 26.4 Å². The predicted molar refractivity (Wildman–Crippen MR) is 86.7 cm³/mol. The minimum Gasteiger partial charge on any atom is -0.375 e. The van der Waals surface area contributed by atoms with Gasteiger partial charge in [0.25, 0.3) is 0 Å². The average molecular weight is 266 g/mol. The normalized spacial score (nSPS) is 12.0. The summed E-state index contributed by atoms with van der Waals surface area (Å²) in [6.07, 6.45) is 4.18. The molecule has 0 heterocycles. The smallest absolute Gasteiger partial charge is 0.0805 e. The van der Waals surface area contributed by atoms with Crippen LogP contribution in [0.15, 0.2) is 54.6 Å². The Morgan fingerprint density at radius 3 is 2.20 bits per heavy atom. The topological polar surface area (TPSA) is 9.23 Å². The predicted octanol–water partition coefficient (Wildman–Crippen LogP) is 5.10. The van der Waals surface area contributed by atoms with Gasteiger partial charge in [-0.25, -0.2) is 0 Å². The van der Waals surface area contributed by atoms with E-state index in [1.807, 2.05) is 13.8 Å². The van der Waals surface area contributed by atoms with E-state index >= 15 is 0 Å². The largest absolute Gasteiger partial charge is 0.375 e. The molecule has 0 atom stereocenters. The second kappa shape index (κ2) is 6.06. The average Bonchev–Trinajstić information content (AvgIpc) is 2.46. The van der Waals surface area contributed by atoms with Gasteiger partial charge in [0.05, 0.1) is 5.60 Å². The summed E-state index contributed by atoms with van der Waals surface area (Å²) < 4.78 is 5.38. The van der Waals surface area contributed by atoms with Crippen LogP contribution in [0.5, 0.6) is 0 Å². The van der Waals surface area contributed by atoms with Crippen LogP contribution in [0.1, 0.15) is 25.0 Å². The third kappa shape index (κ3) is 3.58. The molecule has 0 amide bonds. The molecule has 0 spiro atoms. The number of hydrogen-bond donors (Lipinski definition) is 0. The quantitative estimate of drug-likeness (QED) is 0.748. The fraction of sp³-hybridized carbons (Fsp3) is 0.263. The van der Waals surface area contributed by atoms with Crippen molar-refractivity contribution in [1.29, 1.82) is 0 Å². The molecular formula is C19H22O. The summed E-state index contributed by atoms with van der Waals surface area (Å²) >= 11 is 0. The summed E-state index contributed by atoms with van der Waals surface area (Å²) in [6.45, 7) is 6.24. The summed E-state index contributed by atoms with van der Waals surface area (Å²) in [5, 5.41) is 0. The molecule has 0 aliphatic heterocycles. The molecule has 0 bridgehead atoms. The molecule has 2 aromatic rings. The highest BCUT2D eigenvalue weighted by molar-refractivity contribution is 5.68. The Morgan fingerprint density at radius 2 is 1.60 bits per heavy atom. The first-order valence-electron chi connectivity index (χ1n) is 6.92. The highest BCUT2D eigenvalue weighted by Crippen LogP contribution is 2.23. The van der Waals surface area contributed by atoms with Gasteiger partial charge in [0, 0.05) is 7.11 Å². The Labute approximate surface area is 121 Å². The van der Waals surface area contributed by atoms with E-state index in [1.165, 1.54) is 22.3 Å². The lowest BCUT2D eigenvalue weighted by atomic mass is 9.99. The van der Waals surface area contributed by atoms with E-state index in [4.69, 9.17) is 4.74 Å². The first-order valence-corrected chi connectivity index (χ1v) is 6.92. The molecule has 1 nitrogen and oxygen atoms in total. The zero-order chi connectivity index (χ0) is 14.6. The second-order valence-corrected chi connectivity index (χ2v) is 5.58. The zero-order valence-electron chi connectivity index (χ0n) is 12.7. The van der Waals surface area contributed by atoms with Gasteiger partial charge in [0.15, 0.2) is 0 Å². The van der Waals surface area contributed by atoms with Gasteiger partial charge in [-0.2, -0.15) is 0 Å². The van der Waals surface area contributed by atoms with Crippen LogP contribution in [0.25, 0.3) is 17.2 Å². The fourth-order valence-corrected chi connectivity index (χ4v) is 2.04. The van der Waals surface area contributed by atoms with Crippen molar-refractivity contribution in [3.05, 3.63) is 65.7 Å². The summed E-state index contributed by atoms with van der Waals surface area (Å²) in [5.41, 5.74) is 4.81. The summed E-state index contributed by atoms with van der Waals surface area (Å²) in [6, 6.07) is 17.1. The Kier molecular flexibility index (Phi) is 4.41. The molecule has 0 saturated carbocycles. The van der Waals surface area contributed by atoms with E-state index in [0.29, 0.717) is 0 Å². The van der Waals surface area contributed by atoms with E-state index in [0.717, 1.165) is 0 Å². The Bertz CT molecular complexity index is 591. The van der Waals surface area contributed by atoms with Crippen molar-refractivity contribution in [2.24, 2.45) is 0 Å².